The molecule has 1 aromatic heterocycles. The van der Waals surface area contributed by atoms with E-state index in [2.05, 4.69) is 40.9 Å². The van der Waals surface area contributed by atoms with Gasteiger partial charge in [-0.25, -0.2) is 33.1 Å². The van der Waals surface area contributed by atoms with E-state index in [-0.39, 0.29) is 22.9 Å². The zero-order chi connectivity index (χ0) is 34.5. The summed E-state index contributed by atoms with van der Waals surface area (Å²) in [4.78, 5) is 22.9. The molecule has 0 aliphatic carbocycles. The van der Waals surface area contributed by atoms with Crippen molar-refractivity contribution in [3.63, 3.8) is 0 Å². The highest BCUT2D eigenvalue weighted by molar-refractivity contribution is 7.92. The first-order valence-corrected chi connectivity index (χ1v) is 19.0. The predicted molar refractivity (Wildman–Crippen MR) is 196 cm³/mol. The van der Waals surface area contributed by atoms with E-state index in [0.717, 1.165) is 98.5 Å². The van der Waals surface area contributed by atoms with E-state index in [4.69, 9.17) is 31.4 Å². The minimum Gasteiger partial charge on any atom is -0.493 e. The number of aromatic nitrogens is 2. The summed E-state index contributed by atoms with van der Waals surface area (Å²) in [6.45, 7) is 5.41. The Hall–Kier alpha value is -4.34. The Morgan fingerprint density at radius 2 is 1.82 bits per heavy atom. The van der Waals surface area contributed by atoms with Gasteiger partial charge < -0.3 is 29.3 Å². The van der Waals surface area contributed by atoms with Crippen LogP contribution in [0.25, 0.3) is 0 Å². The summed E-state index contributed by atoms with van der Waals surface area (Å²) in [5.74, 6) is 3.14. The van der Waals surface area contributed by atoms with Gasteiger partial charge in [0.1, 0.15) is 18.3 Å². The number of anilines is 2. The van der Waals surface area contributed by atoms with E-state index >= 15 is 0 Å². The molecule has 2 unspecified atom stereocenters. The Labute approximate surface area is 298 Å². The summed E-state index contributed by atoms with van der Waals surface area (Å²) in [5, 5.41) is 3.57. The van der Waals surface area contributed by atoms with Gasteiger partial charge in [-0.1, -0.05) is 24.4 Å². The number of hydrogen-bond acceptors (Lipinski definition) is 12. The van der Waals surface area contributed by atoms with Gasteiger partial charge in [0.2, 0.25) is 5.95 Å². The number of amidine groups is 1. The van der Waals surface area contributed by atoms with Gasteiger partial charge in [0.15, 0.2) is 11.5 Å². The number of sulfonamides is 1. The molecule has 0 bridgehead atoms. The first kappa shape index (κ1) is 34.1. The molecule has 2 saturated heterocycles. The number of rotatable bonds is 11. The van der Waals surface area contributed by atoms with Gasteiger partial charge >= 0.3 is 0 Å². The van der Waals surface area contributed by atoms with Crippen LogP contribution in [0.15, 0.2) is 69.7 Å². The highest BCUT2D eigenvalue weighted by Gasteiger charge is 2.41. The standard InChI is InChI=1S/C35H42N8O5S2/c1-46-29-22-28-27(21-30(29)48-17-2-4-24-9-18-47-19-10-24)32-33(40-28)38-23-39-34(32)43-15-13-42(14-16-43)31(49)20-25-5-7-26(8-6-25)50(44,45)41-35-36-11-3-12-37-35/h3,5-8,11-12,21-24,32-33,40H,2,4,9-10,13-20H2,1H3,(H,36,37,41). The molecule has 3 aromatic rings. The number of fused-ring (bicyclic) bond motifs is 3. The number of methoxy groups -OCH3 is 1. The lowest BCUT2D eigenvalue weighted by Gasteiger charge is -2.40. The molecule has 2 fully saturated rings. The van der Waals surface area contributed by atoms with Crippen LogP contribution in [0.2, 0.25) is 0 Å². The van der Waals surface area contributed by atoms with Crippen LogP contribution in [0.1, 0.15) is 42.7 Å². The van der Waals surface area contributed by atoms with Crippen LogP contribution in [0.5, 0.6) is 11.5 Å². The molecule has 4 aliphatic heterocycles. The second kappa shape index (κ2) is 15.3. The molecular weight excluding hydrogens is 677 g/mol. The predicted octanol–water partition coefficient (Wildman–Crippen LogP) is 4.33. The van der Waals surface area contributed by atoms with E-state index in [1.807, 2.05) is 6.07 Å². The Balaban J connectivity index is 0.949. The summed E-state index contributed by atoms with van der Waals surface area (Å²) in [7, 11) is -2.13. The highest BCUT2D eigenvalue weighted by Crippen LogP contribution is 2.45. The molecule has 0 spiro atoms. The zero-order valence-corrected chi connectivity index (χ0v) is 29.7. The lowest BCUT2D eigenvalue weighted by atomic mass is 9.95. The third-order valence-electron chi connectivity index (χ3n) is 9.68. The van der Waals surface area contributed by atoms with Gasteiger partial charge in [0.05, 0.1) is 29.5 Å². The number of hydrogen-bond donors (Lipinski definition) is 2. The van der Waals surface area contributed by atoms with Crippen LogP contribution in [-0.2, 0) is 21.2 Å². The lowest BCUT2D eigenvalue weighted by Crippen LogP contribution is -2.53. The maximum absolute atomic E-state index is 12.8. The molecular formula is C35H42N8O5S2. The van der Waals surface area contributed by atoms with Crippen LogP contribution in [0.4, 0.5) is 11.6 Å². The van der Waals surface area contributed by atoms with Gasteiger partial charge in [-0.15, -0.1) is 0 Å². The number of nitrogens with zero attached hydrogens (tertiary/aromatic N) is 6. The maximum atomic E-state index is 12.8. The van der Waals surface area contributed by atoms with E-state index in [1.165, 1.54) is 12.4 Å². The Morgan fingerprint density at radius 1 is 1.06 bits per heavy atom. The SMILES string of the molecule is COc1cc2c(cc1OCCCC1CCOCC1)C1C(N3CCN(C(=S)Cc4ccc(S(=O)(=O)Nc5ncccn5)cc4)CC3)=NC=NC1N2. The summed E-state index contributed by atoms with van der Waals surface area (Å²) in [5.41, 5.74) is 3.04. The van der Waals surface area contributed by atoms with E-state index in [9.17, 15) is 8.42 Å². The number of thiocarbonyl (C=S) groups is 1. The molecule has 15 heteroatoms. The summed E-state index contributed by atoms with van der Waals surface area (Å²) >= 11 is 5.86. The Kier molecular flexibility index (Phi) is 10.4. The average Bonchev–Trinajstić information content (AvgIpc) is 3.51. The molecule has 0 saturated carbocycles. The fourth-order valence-electron chi connectivity index (χ4n) is 6.95. The van der Waals surface area contributed by atoms with Crippen LogP contribution < -0.4 is 19.5 Å². The topological polar surface area (TPSA) is 143 Å². The van der Waals surface area contributed by atoms with Gasteiger partial charge in [0, 0.05) is 70.0 Å². The van der Waals surface area contributed by atoms with Crippen LogP contribution in [0.3, 0.4) is 0 Å². The summed E-state index contributed by atoms with van der Waals surface area (Å²) in [6, 6.07) is 12.5. The maximum Gasteiger partial charge on any atom is 0.264 e. The minimum atomic E-state index is -3.80. The van der Waals surface area contributed by atoms with E-state index < -0.39 is 10.0 Å². The van der Waals surface area contributed by atoms with E-state index in [1.54, 1.807) is 43.8 Å². The van der Waals surface area contributed by atoms with Crippen LogP contribution in [-0.4, -0.2) is 105 Å². The molecule has 13 nitrogen and oxygen atoms in total. The lowest BCUT2D eigenvalue weighted by molar-refractivity contribution is 0.0620. The fraction of sp³-hybridized carbons (Fsp3) is 0.457. The molecule has 2 aromatic carbocycles. The zero-order valence-electron chi connectivity index (χ0n) is 28.0. The fourth-order valence-corrected chi connectivity index (χ4v) is 8.25. The molecule has 7 rings (SSSR count). The largest absolute Gasteiger partial charge is 0.493 e. The monoisotopic (exact) mass is 718 g/mol. The van der Waals surface area contributed by atoms with Gasteiger partial charge in [-0.3, -0.25) is 0 Å². The van der Waals surface area contributed by atoms with E-state index in [0.29, 0.717) is 24.7 Å². The van der Waals surface area contributed by atoms with Crippen molar-refractivity contribution >= 4 is 51.0 Å². The minimum absolute atomic E-state index is 0.0262. The van der Waals surface area contributed by atoms with Crippen molar-refractivity contribution in [2.24, 2.45) is 15.9 Å². The smallest absolute Gasteiger partial charge is 0.264 e. The molecule has 5 heterocycles. The number of nitrogens with one attached hydrogen (secondary N) is 2. The second-order valence-corrected chi connectivity index (χ2v) is 15.0. The second-order valence-electron chi connectivity index (χ2n) is 12.8. The Morgan fingerprint density at radius 3 is 2.56 bits per heavy atom. The number of benzene rings is 2. The molecule has 50 heavy (non-hydrogen) atoms. The van der Waals surface area contributed by atoms with Crippen molar-refractivity contribution in [2.45, 2.75) is 49.1 Å². The molecule has 2 atom stereocenters. The number of ether oxygens (including phenoxy) is 3. The summed E-state index contributed by atoms with van der Waals surface area (Å²) in [6.07, 6.45) is 9.41. The van der Waals surface area contributed by atoms with Crippen molar-refractivity contribution in [2.75, 3.05) is 63.1 Å². The van der Waals surface area contributed by atoms with Gasteiger partial charge in [-0.2, -0.15) is 0 Å². The van der Waals surface area contributed by atoms with Crippen LogP contribution in [0, 0.1) is 5.92 Å². The number of aliphatic imine (C=N–C) groups is 2. The van der Waals surface area contributed by atoms with Gasteiger partial charge in [-0.05, 0) is 67.0 Å². The van der Waals surface area contributed by atoms with Crippen molar-refractivity contribution in [1.82, 2.24) is 19.8 Å². The third-order valence-corrected chi connectivity index (χ3v) is 11.4. The Bertz CT molecular complexity index is 1830. The molecule has 264 valence electrons. The normalized spacial score (nSPS) is 20.4. The molecule has 2 N–H and O–H groups in total. The first-order valence-electron chi connectivity index (χ1n) is 17.1. The molecule has 4 aliphatic rings. The number of piperazine rings is 1. The van der Waals surface area contributed by atoms with Crippen molar-refractivity contribution < 1.29 is 22.6 Å². The third kappa shape index (κ3) is 7.69. The summed E-state index contributed by atoms with van der Waals surface area (Å²) < 4.78 is 45.5. The average molecular weight is 719 g/mol. The quantitative estimate of drug-likeness (QED) is 0.216. The van der Waals surface area contributed by atoms with Crippen molar-refractivity contribution in [3.05, 3.63) is 66.0 Å². The first-order chi connectivity index (χ1) is 24.4. The molecule has 0 amide bonds. The van der Waals surface area contributed by atoms with Crippen LogP contribution >= 0.6 is 12.2 Å². The van der Waals surface area contributed by atoms with Gasteiger partial charge in [0.25, 0.3) is 10.0 Å². The highest BCUT2D eigenvalue weighted by atomic mass is 32.2. The molecule has 0 radical (unpaired) electrons. The van der Waals surface area contributed by atoms with Crippen molar-refractivity contribution in [3.8, 4) is 11.5 Å². The van der Waals surface area contributed by atoms with Crippen molar-refractivity contribution in [1.29, 1.82) is 0 Å².